The predicted molar refractivity (Wildman–Crippen MR) is 133 cm³/mol. The van der Waals surface area contributed by atoms with Crippen molar-refractivity contribution in [2.75, 3.05) is 43.4 Å². The molecule has 4 aromatic rings. The zero-order valence-corrected chi connectivity index (χ0v) is 19.3. The van der Waals surface area contributed by atoms with Crippen LogP contribution in [0.2, 0.25) is 0 Å². The number of hydrogen-bond donors (Lipinski definition) is 1. The molecule has 0 amide bonds. The van der Waals surface area contributed by atoms with E-state index in [-0.39, 0.29) is 5.56 Å². The summed E-state index contributed by atoms with van der Waals surface area (Å²) in [5.41, 5.74) is 3.82. The Bertz CT molecular complexity index is 1360. The maximum Gasteiger partial charge on any atom is 0.252 e. The first-order valence-electron chi connectivity index (χ1n) is 11.9. The Labute approximate surface area is 197 Å². The highest BCUT2D eigenvalue weighted by atomic mass is 16.3. The molecule has 1 N–H and O–H groups in total. The van der Waals surface area contributed by atoms with Gasteiger partial charge in [-0.05, 0) is 67.8 Å². The number of pyridine rings is 1. The highest BCUT2D eigenvalue weighted by Gasteiger charge is 2.28. The van der Waals surface area contributed by atoms with Crippen molar-refractivity contribution >= 4 is 28.4 Å². The summed E-state index contributed by atoms with van der Waals surface area (Å²) in [6.45, 7) is 4.59. The van der Waals surface area contributed by atoms with E-state index in [0.29, 0.717) is 24.1 Å². The van der Waals surface area contributed by atoms with Crippen molar-refractivity contribution in [3.63, 3.8) is 0 Å². The Morgan fingerprint density at radius 2 is 1.82 bits per heavy atom. The molecule has 0 atom stereocenters. The molecule has 1 saturated heterocycles. The van der Waals surface area contributed by atoms with Crippen LogP contribution >= 0.6 is 0 Å². The standard InChI is InChI=1S/C26H28N6O2/c1-30-11-13-31(14-12-30)21-7-5-20(6-8-21)28-26-27-16-19-4-9-24(33)32(25(19)29-26)17-23-22(10-15-34-23)18-2-3-18/h4-10,15-16,18H,2-3,11-14,17H2,1H3,(H,27,28,29). The Balaban J connectivity index is 1.25. The van der Waals surface area contributed by atoms with Crippen LogP contribution in [0.25, 0.3) is 11.0 Å². The molecule has 1 aliphatic heterocycles. The molecule has 0 spiro atoms. The van der Waals surface area contributed by atoms with E-state index in [9.17, 15) is 4.79 Å². The highest BCUT2D eigenvalue weighted by Crippen LogP contribution is 2.42. The van der Waals surface area contributed by atoms with Crippen LogP contribution in [0.4, 0.5) is 17.3 Å². The Morgan fingerprint density at radius 1 is 1.03 bits per heavy atom. The third kappa shape index (κ3) is 4.17. The summed E-state index contributed by atoms with van der Waals surface area (Å²) in [5.74, 6) is 1.85. The van der Waals surface area contributed by atoms with E-state index in [2.05, 4.69) is 39.3 Å². The second kappa shape index (κ2) is 8.61. The van der Waals surface area contributed by atoms with Gasteiger partial charge >= 0.3 is 0 Å². The fourth-order valence-corrected chi connectivity index (χ4v) is 4.61. The summed E-state index contributed by atoms with van der Waals surface area (Å²) < 4.78 is 7.41. The van der Waals surface area contributed by atoms with Crippen LogP contribution in [0.5, 0.6) is 0 Å². The lowest BCUT2D eigenvalue weighted by molar-refractivity contribution is 0.313. The number of fused-ring (bicyclic) bond motifs is 1. The fourth-order valence-electron chi connectivity index (χ4n) is 4.61. The van der Waals surface area contributed by atoms with Gasteiger partial charge in [-0.15, -0.1) is 0 Å². The third-order valence-electron chi connectivity index (χ3n) is 6.81. The molecule has 8 nitrogen and oxygen atoms in total. The lowest BCUT2D eigenvalue weighted by Gasteiger charge is -2.34. The molecular weight excluding hydrogens is 428 g/mol. The number of anilines is 3. The third-order valence-corrected chi connectivity index (χ3v) is 6.81. The van der Waals surface area contributed by atoms with Crippen LogP contribution < -0.4 is 15.8 Å². The van der Waals surface area contributed by atoms with Gasteiger partial charge in [0.05, 0.1) is 12.8 Å². The molecule has 2 fully saturated rings. The molecule has 1 aliphatic carbocycles. The number of aromatic nitrogens is 3. The molecule has 34 heavy (non-hydrogen) atoms. The zero-order valence-electron chi connectivity index (χ0n) is 19.3. The van der Waals surface area contributed by atoms with Crippen molar-refractivity contribution in [1.29, 1.82) is 0 Å². The molecule has 2 aliphatic rings. The summed E-state index contributed by atoms with van der Waals surface area (Å²) >= 11 is 0. The molecule has 0 bridgehead atoms. The van der Waals surface area contributed by atoms with Crippen molar-refractivity contribution in [1.82, 2.24) is 19.4 Å². The number of rotatable bonds is 6. The van der Waals surface area contributed by atoms with Gasteiger partial charge in [-0.3, -0.25) is 9.36 Å². The number of furan rings is 1. The predicted octanol–water partition coefficient (Wildman–Crippen LogP) is 3.81. The average Bonchev–Trinajstić information content (AvgIpc) is 3.60. The zero-order chi connectivity index (χ0) is 23.1. The summed E-state index contributed by atoms with van der Waals surface area (Å²) in [6.07, 6.45) is 5.83. The number of piperazine rings is 1. The van der Waals surface area contributed by atoms with E-state index in [1.165, 1.54) is 24.1 Å². The van der Waals surface area contributed by atoms with Crippen molar-refractivity contribution in [2.45, 2.75) is 25.3 Å². The van der Waals surface area contributed by atoms with E-state index in [1.807, 2.05) is 18.2 Å². The monoisotopic (exact) mass is 456 g/mol. The Morgan fingerprint density at radius 3 is 2.59 bits per heavy atom. The van der Waals surface area contributed by atoms with Gasteiger partial charge in [-0.25, -0.2) is 4.98 Å². The number of nitrogens with zero attached hydrogens (tertiary/aromatic N) is 5. The summed E-state index contributed by atoms with van der Waals surface area (Å²) in [6, 6.07) is 13.7. The van der Waals surface area contributed by atoms with Gasteiger partial charge in [0.2, 0.25) is 5.95 Å². The minimum absolute atomic E-state index is 0.105. The van der Waals surface area contributed by atoms with Crippen LogP contribution in [-0.4, -0.2) is 52.7 Å². The average molecular weight is 457 g/mol. The van der Waals surface area contributed by atoms with E-state index < -0.39 is 0 Å². The second-order valence-electron chi connectivity index (χ2n) is 9.27. The normalized spacial score (nSPS) is 16.8. The molecule has 6 rings (SSSR count). The van der Waals surface area contributed by atoms with Gasteiger partial charge in [0.1, 0.15) is 11.4 Å². The van der Waals surface area contributed by atoms with E-state index in [0.717, 1.165) is 43.0 Å². The van der Waals surface area contributed by atoms with E-state index in [4.69, 9.17) is 9.40 Å². The van der Waals surface area contributed by atoms with E-state index in [1.54, 1.807) is 29.2 Å². The first-order chi connectivity index (χ1) is 16.6. The van der Waals surface area contributed by atoms with Gasteiger partial charge < -0.3 is 19.5 Å². The lowest BCUT2D eigenvalue weighted by Crippen LogP contribution is -2.44. The van der Waals surface area contributed by atoms with Crippen LogP contribution in [0.1, 0.15) is 30.1 Å². The number of hydrogen-bond acceptors (Lipinski definition) is 7. The molecule has 4 heterocycles. The fraction of sp³-hybridized carbons (Fsp3) is 0.346. The second-order valence-corrected chi connectivity index (χ2v) is 9.27. The smallest absolute Gasteiger partial charge is 0.252 e. The van der Waals surface area contributed by atoms with Crippen molar-refractivity contribution in [3.8, 4) is 0 Å². The van der Waals surface area contributed by atoms with Crippen LogP contribution in [0.3, 0.4) is 0 Å². The molecule has 1 saturated carbocycles. The quantitative estimate of drug-likeness (QED) is 0.473. The molecule has 0 unspecified atom stereocenters. The molecule has 3 aromatic heterocycles. The van der Waals surface area contributed by atoms with Crippen LogP contribution in [-0.2, 0) is 6.54 Å². The minimum Gasteiger partial charge on any atom is -0.467 e. The number of benzene rings is 1. The van der Waals surface area contributed by atoms with Crippen molar-refractivity contribution < 1.29 is 4.42 Å². The molecule has 0 radical (unpaired) electrons. The minimum atomic E-state index is -0.105. The lowest BCUT2D eigenvalue weighted by atomic mass is 10.1. The Kier molecular flexibility index (Phi) is 5.30. The van der Waals surface area contributed by atoms with Crippen molar-refractivity contribution in [3.05, 3.63) is 76.6 Å². The van der Waals surface area contributed by atoms with Gasteiger partial charge in [0, 0.05) is 55.2 Å². The first-order valence-corrected chi connectivity index (χ1v) is 11.9. The SMILES string of the molecule is CN1CCN(c2ccc(Nc3ncc4ccc(=O)n(Cc5occc5C5CC5)c4n3)cc2)CC1. The summed E-state index contributed by atoms with van der Waals surface area (Å²) in [5, 5.41) is 4.11. The van der Waals surface area contributed by atoms with Gasteiger partial charge in [-0.1, -0.05) is 0 Å². The van der Waals surface area contributed by atoms with Crippen molar-refractivity contribution in [2.24, 2.45) is 0 Å². The first kappa shape index (κ1) is 20.9. The maximum absolute atomic E-state index is 12.8. The van der Waals surface area contributed by atoms with Crippen LogP contribution in [0, 0.1) is 0 Å². The largest absolute Gasteiger partial charge is 0.467 e. The van der Waals surface area contributed by atoms with Gasteiger partial charge in [-0.2, -0.15) is 4.98 Å². The number of nitrogens with one attached hydrogen (secondary N) is 1. The van der Waals surface area contributed by atoms with Crippen LogP contribution in [0.15, 0.2) is 64.1 Å². The highest BCUT2D eigenvalue weighted by molar-refractivity contribution is 5.76. The van der Waals surface area contributed by atoms with E-state index >= 15 is 0 Å². The summed E-state index contributed by atoms with van der Waals surface area (Å²) in [4.78, 5) is 26.7. The topological polar surface area (TPSA) is 79.4 Å². The summed E-state index contributed by atoms with van der Waals surface area (Å²) in [7, 11) is 2.16. The molecule has 8 heteroatoms. The van der Waals surface area contributed by atoms with Gasteiger partial charge in [0.25, 0.3) is 5.56 Å². The molecular formula is C26H28N6O2. The van der Waals surface area contributed by atoms with Gasteiger partial charge in [0.15, 0.2) is 0 Å². The number of likely N-dealkylation sites (N-methyl/N-ethyl adjacent to an activating group) is 1. The molecule has 1 aromatic carbocycles. The Hall–Kier alpha value is -3.65. The molecule has 174 valence electrons. The maximum atomic E-state index is 12.8.